The molecular formula is C28H34N2O3. The molecule has 2 N–H and O–H groups in total. The van der Waals surface area contributed by atoms with Crippen LogP contribution in [-0.4, -0.2) is 23.2 Å². The van der Waals surface area contributed by atoms with Crippen molar-refractivity contribution in [2.24, 2.45) is 11.8 Å². The van der Waals surface area contributed by atoms with Crippen LogP contribution in [-0.2, 0) is 4.74 Å². The first-order valence-electron chi connectivity index (χ1n) is 11.7. The van der Waals surface area contributed by atoms with Gasteiger partial charge in [-0.15, -0.1) is 0 Å². The first-order chi connectivity index (χ1) is 15.9. The van der Waals surface area contributed by atoms with Gasteiger partial charge in [-0.3, -0.25) is 5.41 Å². The Balaban J connectivity index is 2.00. The zero-order valence-electron chi connectivity index (χ0n) is 20.0. The van der Waals surface area contributed by atoms with Crippen LogP contribution in [0.3, 0.4) is 0 Å². The van der Waals surface area contributed by atoms with Gasteiger partial charge in [0.1, 0.15) is 5.49 Å². The molecule has 3 aromatic rings. The minimum Gasteiger partial charge on any atom is -0.465 e. The summed E-state index contributed by atoms with van der Waals surface area (Å²) < 4.78 is 4.76. The number of rotatable bonds is 9. The predicted molar refractivity (Wildman–Crippen MR) is 132 cm³/mol. The Hall–Kier alpha value is -3.05. The molecule has 0 fully saturated rings. The average Bonchev–Trinajstić information content (AvgIpc) is 2.99. The Morgan fingerprint density at radius 2 is 1.67 bits per heavy atom. The maximum atomic E-state index is 11.7. The molecule has 0 aliphatic carbocycles. The molecule has 0 saturated heterocycles. The van der Waals surface area contributed by atoms with Crippen molar-refractivity contribution in [3.63, 3.8) is 0 Å². The van der Waals surface area contributed by atoms with Crippen LogP contribution in [0.1, 0.15) is 68.5 Å². The second-order valence-corrected chi connectivity index (χ2v) is 8.79. The number of aliphatic hydroxyl groups is 1. The van der Waals surface area contributed by atoms with E-state index in [9.17, 15) is 9.90 Å². The van der Waals surface area contributed by atoms with E-state index in [1.165, 1.54) is 7.11 Å². The van der Waals surface area contributed by atoms with Gasteiger partial charge in [0.2, 0.25) is 0 Å². The van der Waals surface area contributed by atoms with E-state index in [2.05, 4.69) is 25.8 Å². The van der Waals surface area contributed by atoms with Crippen molar-refractivity contribution >= 4 is 16.9 Å². The first kappa shape index (κ1) is 24.6. The van der Waals surface area contributed by atoms with Crippen LogP contribution in [0.15, 0.2) is 54.6 Å². The van der Waals surface area contributed by atoms with Crippen molar-refractivity contribution < 1.29 is 14.6 Å². The Labute approximate surface area is 196 Å². The van der Waals surface area contributed by atoms with Crippen LogP contribution in [0.25, 0.3) is 22.0 Å². The largest absolute Gasteiger partial charge is 0.465 e. The molecule has 3 rings (SSSR count). The van der Waals surface area contributed by atoms with Crippen LogP contribution in [0.4, 0.5) is 0 Å². The van der Waals surface area contributed by atoms with Crippen molar-refractivity contribution in [3.05, 3.63) is 71.2 Å². The normalized spacial score (nSPS) is 14.0. The van der Waals surface area contributed by atoms with Crippen molar-refractivity contribution in [1.82, 2.24) is 4.98 Å². The summed E-state index contributed by atoms with van der Waals surface area (Å²) in [6.07, 6.45) is 3.50. The van der Waals surface area contributed by atoms with E-state index < -0.39 is 6.10 Å². The molecule has 0 amide bonds. The zero-order valence-corrected chi connectivity index (χ0v) is 20.0. The maximum absolute atomic E-state index is 11.7. The van der Waals surface area contributed by atoms with Gasteiger partial charge in [-0.2, -0.15) is 0 Å². The number of methoxy groups -OCH3 is 1. The molecule has 1 aromatic heterocycles. The van der Waals surface area contributed by atoms with Gasteiger partial charge in [0.15, 0.2) is 0 Å². The lowest BCUT2D eigenvalue weighted by Crippen LogP contribution is -2.21. The fourth-order valence-electron chi connectivity index (χ4n) is 4.57. The van der Waals surface area contributed by atoms with Crippen LogP contribution in [0, 0.1) is 17.2 Å². The zero-order chi connectivity index (χ0) is 24.0. The smallest absolute Gasteiger partial charge is 0.337 e. The summed E-state index contributed by atoms with van der Waals surface area (Å²) >= 11 is 0. The first-order valence-corrected chi connectivity index (χ1v) is 11.7. The van der Waals surface area contributed by atoms with Gasteiger partial charge in [0, 0.05) is 5.39 Å². The summed E-state index contributed by atoms with van der Waals surface area (Å²) in [7, 11) is 1.36. The molecule has 174 valence electrons. The van der Waals surface area contributed by atoms with Gasteiger partial charge in [-0.1, -0.05) is 64.3 Å². The lowest BCUT2D eigenvalue weighted by atomic mass is 9.80. The quantitative estimate of drug-likeness (QED) is 0.392. The van der Waals surface area contributed by atoms with E-state index in [0.717, 1.165) is 47.8 Å². The van der Waals surface area contributed by atoms with Crippen molar-refractivity contribution in [2.45, 2.75) is 52.6 Å². The van der Waals surface area contributed by atoms with Gasteiger partial charge >= 0.3 is 5.97 Å². The summed E-state index contributed by atoms with van der Waals surface area (Å²) in [5.74, 6) is 0.191. The molecule has 0 aliphatic rings. The molecule has 0 spiro atoms. The number of aromatic nitrogens is 1. The second-order valence-electron chi connectivity index (χ2n) is 8.79. The Kier molecular flexibility index (Phi) is 8.34. The number of hydrogen-bond donors (Lipinski definition) is 2. The highest BCUT2D eigenvalue weighted by molar-refractivity contribution is 5.90. The number of fused-ring (bicyclic) bond motifs is 1. The fourth-order valence-corrected chi connectivity index (χ4v) is 4.57. The minimum atomic E-state index is -0.626. The maximum Gasteiger partial charge on any atom is 0.337 e. The third-order valence-electron chi connectivity index (χ3n) is 6.38. The van der Waals surface area contributed by atoms with Crippen LogP contribution in [0.2, 0.25) is 0 Å². The van der Waals surface area contributed by atoms with Crippen molar-refractivity contribution in [2.75, 3.05) is 7.11 Å². The number of nitrogens with zero attached hydrogens (tertiary/aromatic N) is 1. The number of aliphatic hydroxyl groups excluding tert-OH is 1. The predicted octanol–water partition coefficient (Wildman–Crippen LogP) is 6.05. The summed E-state index contributed by atoms with van der Waals surface area (Å²) in [4.78, 5) is 16.2. The van der Waals surface area contributed by atoms with E-state index >= 15 is 0 Å². The van der Waals surface area contributed by atoms with Gasteiger partial charge in [-0.05, 0) is 65.3 Å². The molecule has 1 heterocycles. The number of carbonyl (C=O) groups is 1. The summed E-state index contributed by atoms with van der Waals surface area (Å²) in [5, 5.41) is 20.5. The lowest BCUT2D eigenvalue weighted by molar-refractivity contribution is 0.0600. The second kappa shape index (κ2) is 11.2. The minimum absolute atomic E-state index is 0.135. The summed E-state index contributed by atoms with van der Waals surface area (Å²) in [5.41, 5.74) is 3.97. The molecule has 5 heteroatoms. The number of hydrogen-bond acceptors (Lipinski definition) is 5. The number of nitrogens with one attached hydrogen (secondary N) is 1. The standard InChI is InChI=1S/C28H34N2O3/c1-5-7-18(3)24(8-6-2)27(31)23-15-22-14-13-21(16-25(22)30-26(29)17-23)19-9-11-20(12-10-19)28(32)33-4/h9-18,24,27,29,31H,5-8H2,1-4H3. The fraction of sp³-hybridized carbons (Fsp3) is 0.393. The lowest BCUT2D eigenvalue weighted by Gasteiger charge is -2.28. The summed E-state index contributed by atoms with van der Waals surface area (Å²) in [6.45, 7) is 6.54. The van der Waals surface area contributed by atoms with Crippen LogP contribution >= 0.6 is 0 Å². The third kappa shape index (κ3) is 5.85. The van der Waals surface area contributed by atoms with Crippen LogP contribution in [0.5, 0.6) is 0 Å². The number of carbonyl (C=O) groups excluding carboxylic acids is 1. The van der Waals surface area contributed by atoms with Gasteiger partial charge in [0.25, 0.3) is 0 Å². The molecule has 0 aliphatic heterocycles. The molecular weight excluding hydrogens is 412 g/mol. The van der Waals surface area contributed by atoms with E-state index in [-0.39, 0.29) is 17.4 Å². The Morgan fingerprint density at radius 1 is 1.00 bits per heavy atom. The van der Waals surface area contributed by atoms with E-state index in [0.29, 0.717) is 17.0 Å². The topological polar surface area (TPSA) is 83.3 Å². The number of benzene rings is 2. The Bertz CT molecular complexity index is 1160. The Morgan fingerprint density at radius 3 is 2.30 bits per heavy atom. The van der Waals surface area contributed by atoms with Crippen molar-refractivity contribution in [3.8, 4) is 11.1 Å². The highest BCUT2D eigenvalue weighted by Crippen LogP contribution is 2.34. The van der Waals surface area contributed by atoms with Gasteiger partial charge < -0.3 is 9.84 Å². The number of ether oxygens (including phenoxy) is 1. The summed E-state index contributed by atoms with van der Waals surface area (Å²) in [6, 6.07) is 16.8. The van der Waals surface area contributed by atoms with Gasteiger partial charge in [0.05, 0.1) is 24.3 Å². The molecule has 5 nitrogen and oxygen atoms in total. The van der Waals surface area contributed by atoms with E-state index in [4.69, 9.17) is 10.1 Å². The monoisotopic (exact) mass is 446 g/mol. The molecule has 33 heavy (non-hydrogen) atoms. The molecule has 2 aromatic carbocycles. The number of esters is 1. The van der Waals surface area contributed by atoms with E-state index in [1.54, 1.807) is 18.2 Å². The van der Waals surface area contributed by atoms with Crippen molar-refractivity contribution in [1.29, 1.82) is 5.41 Å². The highest BCUT2D eigenvalue weighted by Gasteiger charge is 2.25. The highest BCUT2D eigenvalue weighted by atomic mass is 16.5. The molecule has 3 unspecified atom stereocenters. The van der Waals surface area contributed by atoms with Crippen LogP contribution < -0.4 is 5.49 Å². The molecule has 0 radical (unpaired) electrons. The van der Waals surface area contributed by atoms with E-state index in [1.807, 2.05) is 36.4 Å². The SMILES string of the molecule is CCCC(C)C(CCC)C(O)c1cc(=N)nc2cc(-c3ccc(C(=O)OC)cc3)ccc2c1. The molecule has 0 bridgehead atoms. The van der Waals surface area contributed by atoms with Gasteiger partial charge in [-0.25, -0.2) is 9.78 Å². The molecule has 0 saturated carbocycles. The molecule has 3 atom stereocenters. The average molecular weight is 447 g/mol. The third-order valence-corrected chi connectivity index (χ3v) is 6.38.